The molecule has 0 bridgehead atoms. The molecule has 152 valence electrons. The van der Waals surface area contributed by atoms with Gasteiger partial charge in [0.15, 0.2) is 0 Å². The monoisotopic (exact) mass is 396 g/mol. The number of thioether (sulfide) groups is 1. The summed E-state index contributed by atoms with van der Waals surface area (Å²) in [5.74, 6) is 0.800. The molecule has 0 radical (unpaired) electrons. The summed E-state index contributed by atoms with van der Waals surface area (Å²) in [7, 11) is 1.91. The molecule has 2 N–H and O–H groups in total. The van der Waals surface area contributed by atoms with Crippen molar-refractivity contribution in [3.05, 3.63) is 5.89 Å². The van der Waals surface area contributed by atoms with Crippen LogP contribution in [-0.4, -0.2) is 47.3 Å². The zero-order chi connectivity index (χ0) is 19.6. The standard InChI is InChI=1S/C19H32N4O3S/c1-13(2)12-15(21-17(25)14-8-5-4-6-9-14)16(24)18-22-23-19(26-18)27-11-7-10-20-3/h13-15,20H,4-12H2,1-3H3,(H,21,25)/t15-/m0/s1. The fourth-order valence-corrected chi connectivity index (χ4v) is 3.98. The summed E-state index contributed by atoms with van der Waals surface area (Å²) in [6, 6.07) is -0.609. The van der Waals surface area contributed by atoms with Gasteiger partial charge in [0.05, 0.1) is 6.04 Å². The number of nitrogens with one attached hydrogen (secondary N) is 2. The van der Waals surface area contributed by atoms with Gasteiger partial charge in [-0.05, 0) is 45.2 Å². The van der Waals surface area contributed by atoms with Gasteiger partial charge in [0.2, 0.25) is 11.7 Å². The van der Waals surface area contributed by atoms with Crippen LogP contribution in [0, 0.1) is 11.8 Å². The van der Waals surface area contributed by atoms with Crippen molar-refractivity contribution >= 4 is 23.5 Å². The number of carbonyl (C=O) groups is 2. The molecular formula is C19H32N4O3S. The molecule has 1 aliphatic carbocycles. The third-order valence-corrected chi connectivity index (χ3v) is 5.63. The summed E-state index contributed by atoms with van der Waals surface area (Å²) in [5, 5.41) is 14.3. The van der Waals surface area contributed by atoms with Crippen LogP contribution in [-0.2, 0) is 4.79 Å². The van der Waals surface area contributed by atoms with Gasteiger partial charge in [0.25, 0.3) is 11.1 Å². The second-order valence-corrected chi connectivity index (χ2v) is 8.61. The van der Waals surface area contributed by atoms with E-state index in [4.69, 9.17) is 4.42 Å². The van der Waals surface area contributed by atoms with Crippen LogP contribution in [0.25, 0.3) is 0 Å². The molecule has 1 aliphatic rings. The fourth-order valence-electron chi connectivity index (χ4n) is 3.28. The van der Waals surface area contributed by atoms with Crippen LogP contribution in [0.3, 0.4) is 0 Å². The Balaban J connectivity index is 1.97. The molecule has 27 heavy (non-hydrogen) atoms. The van der Waals surface area contributed by atoms with E-state index in [0.717, 1.165) is 44.4 Å². The van der Waals surface area contributed by atoms with Crippen LogP contribution < -0.4 is 10.6 Å². The molecule has 1 amide bonds. The molecule has 0 saturated heterocycles. The van der Waals surface area contributed by atoms with Gasteiger partial charge in [-0.2, -0.15) is 0 Å². The first kappa shape index (κ1) is 21.9. The number of hydrogen-bond donors (Lipinski definition) is 2. The second kappa shape index (κ2) is 11.4. The number of Topliss-reactive ketones (excluding diaryl/α,β-unsaturated/α-hetero) is 1. The van der Waals surface area contributed by atoms with Crippen LogP contribution in [0.4, 0.5) is 0 Å². The summed E-state index contributed by atoms with van der Waals surface area (Å²) < 4.78 is 5.53. The van der Waals surface area contributed by atoms with Gasteiger partial charge in [0.1, 0.15) is 0 Å². The zero-order valence-corrected chi connectivity index (χ0v) is 17.4. The van der Waals surface area contributed by atoms with Crippen LogP contribution in [0.2, 0.25) is 0 Å². The lowest BCUT2D eigenvalue weighted by molar-refractivity contribution is -0.126. The Bertz CT molecular complexity index is 600. The molecule has 1 fully saturated rings. The van der Waals surface area contributed by atoms with Gasteiger partial charge in [-0.15, -0.1) is 10.2 Å². The van der Waals surface area contributed by atoms with Crippen molar-refractivity contribution in [3.63, 3.8) is 0 Å². The molecule has 0 aromatic carbocycles. The Morgan fingerprint density at radius 3 is 2.63 bits per heavy atom. The molecule has 2 rings (SSSR count). The van der Waals surface area contributed by atoms with E-state index < -0.39 is 6.04 Å². The molecule has 0 aliphatic heterocycles. The first-order valence-electron chi connectivity index (χ1n) is 9.96. The van der Waals surface area contributed by atoms with Crippen molar-refractivity contribution in [3.8, 4) is 0 Å². The average molecular weight is 397 g/mol. The number of hydrogen-bond acceptors (Lipinski definition) is 7. The van der Waals surface area contributed by atoms with Crippen LogP contribution in [0.1, 0.15) is 69.5 Å². The van der Waals surface area contributed by atoms with Gasteiger partial charge in [-0.1, -0.05) is 44.9 Å². The zero-order valence-electron chi connectivity index (χ0n) is 16.6. The van der Waals surface area contributed by atoms with E-state index >= 15 is 0 Å². The number of amides is 1. The molecule has 1 aromatic rings. The van der Waals surface area contributed by atoms with E-state index in [-0.39, 0.29) is 29.4 Å². The highest BCUT2D eigenvalue weighted by Crippen LogP contribution is 2.24. The van der Waals surface area contributed by atoms with Crippen LogP contribution in [0.5, 0.6) is 0 Å². The molecular weight excluding hydrogens is 364 g/mol. The molecule has 1 atom stereocenters. The van der Waals surface area contributed by atoms with Gasteiger partial charge in [0, 0.05) is 11.7 Å². The molecule has 1 aromatic heterocycles. The highest BCUT2D eigenvalue weighted by atomic mass is 32.2. The van der Waals surface area contributed by atoms with Crippen molar-refractivity contribution in [2.24, 2.45) is 11.8 Å². The molecule has 0 spiro atoms. The molecule has 1 heterocycles. The first-order chi connectivity index (χ1) is 13.0. The van der Waals surface area contributed by atoms with E-state index in [0.29, 0.717) is 11.6 Å². The van der Waals surface area contributed by atoms with Crippen molar-refractivity contribution in [2.75, 3.05) is 19.3 Å². The maximum atomic E-state index is 12.9. The lowest BCUT2D eigenvalue weighted by Gasteiger charge is -2.24. The third-order valence-electron chi connectivity index (χ3n) is 4.73. The number of aromatic nitrogens is 2. The lowest BCUT2D eigenvalue weighted by Crippen LogP contribution is -2.45. The highest BCUT2D eigenvalue weighted by Gasteiger charge is 2.30. The Kier molecular flexibility index (Phi) is 9.27. The van der Waals surface area contributed by atoms with E-state index in [1.54, 1.807) is 0 Å². The van der Waals surface area contributed by atoms with Gasteiger partial charge >= 0.3 is 0 Å². The molecule has 1 saturated carbocycles. The number of nitrogens with zero attached hydrogens (tertiary/aromatic N) is 2. The number of ketones is 1. The molecule has 8 heteroatoms. The minimum absolute atomic E-state index is 0.0132. The summed E-state index contributed by atoms with van der Waals surface area (Å²) in [6.45, 7) is 4.98. The van der Waals surface area contributed by atoms with Gasteiger partial charge in [-0.25, -0.2) is 0 Å². The Hall–Kier alpha value is -1.41. The minimum atomic E-state index is -0.609. The average Bonchev–Trinajstić information content (AvgIpc) is 3.13. The smallest absolute Gasteiger partial charge is 0.286 e. The summed E-state index contributed by atoms with van der Waals surface area (Å²) in [6.07, 6.45) is 6.70. The van der Waals surface area contributed by atoms with Crippen LogP contribution in [0.15, 0.2) is 9.64 Å². The minimum Gasteiger partial charge on any atom is -0.408 e. The van der Waals surface area contributed by atoms with Gasteiger partial charge < -0.3 is 15.1 Å². The second-order valence-electron chi connectivity index (χ2n) is 7.57. The Morgan fingerprint density at radius 1 is 1.22 bits per heavy atom. The number of carbonyl (C=O) groups excluding carboxylic acids is 2. The molecule has 7 nitrogen and oxygen atoms in total. The van der Waals surface area contributed by atoms with E-state index in [1.165, 1.54) is 18.2 Å². The van der Waals surface area contributed by atoms with Crippen molar-refractivity contribution in [1.29, 1.82) is 0 Å². The summed E-state index contributed by atoms with van der Waals surface area (Å²) >= 11 is 1.44. The normalized spacial score (nSPS) is 16.4. The number of rotatable bonds is 11. The maximum Gasteiger partial charge on any atom is 0.286 e. The maximum absolute atomic E-state index is 12.9. The third kappa shape index (κ3) is 7.25. The fraction of sp³-hybridized carbons (Fsp3) is 0.789. The Labute approximate surface area is 165 Å². The van der Waals surface area contributed by atoms with Gasteiger partial charge in [-0.3, -0.25) is 9.59 Å². The predicted octanol–water partition coefficient (Wildman–Crippen LogP) is 3.07. The van der Waals surface area contributed by atoms with E-state index in [2.05, 4.69) is 20.8 Å². The predicted molar refractivity (Wildman–Crippen MR) is 106 cm³/mol. The topological polar surface area (TPSA) is 97.1 Å². The summed E-state index contributed by atoms with van der Waals surface area (Å²) in [5.41, 5.74) is 0. The SMILES string of the molecule is CNCCCSc1nnc(C(=O)[C@H](CC(C)C)NC(=O)C2CCCCC2)o1. The van der Waals surface area contributed by atoms with E-state index in [1.807, 2.05) is 20.9 Å². The summed E-state index contributed by atoms with van der Waals surface area (Å²) in [4.78, 5) is 25.5. The van der Waals surface area contributed by atoms with E-state index in [9.17, 15) is 9.59 Å². The van der Waals surface area contributed by atoms with Crippen molar-refractivity contribution in [2.45, 2.75) is 70.1 Å². The largest absolute Gasteiger partial charge is 0.408 e. The van der Waals surface area contributed by atoms with Crippen molar-refractivity contribution < 1.29 is 14.0 Å². The molecule has 0 unspecified atom stereocenters. The lowest BCUT2D eigenvalue weighted by atomic mass is 9.88. The van der Waals surface area contributed by atoms with Crippen LogP contribution >= 0.6 is 11.8 Å². The van der Waals surface area contributed by atoms with Crippen molar-refractivity contribution in [1.82, 2.24) is 20.8 Å². The highest BCUT2D eigenvalue weighted by molar-refractivity contribution is 7.99. The Morgan fingerprint density at radius 2 is 1.96 bits per heavy atom. The first-order valence-corrected chi connectivity index (χ1v) is 10.9. The quantitative estimate of drug-likeness (QED) is 0.337.